The number of carbonyl (C=O) groups is 2. The first-order valence-corrected chi connectivity index (χ1v) is 9.72. The van der Waals surface area contributed by atoms with Crippen molar-refractivity contribution in [3.8, 4) is 0 Å². The SMILES string of the molecule is O=C1[C@H]2CCCN2C(=O)N1CC[NH+]1CCN(c2cccc(C(F)(F)F)c2)CC1. The number of urea groups is 1. The van der Waals surface area contributed by atoms with Gasteiger partial charge in [0, 0.05) is 12.2 Å². The van der Waals surface area contributed by atoms with E-state index in [1.807, 2.05) is 4.90 Å². The molecular formula is C19H24F3N4O2+. The summed E-state index contributed by atoms with van der Waals surface area (Å²) in [7, 11) is 0. The highest BCUT2D eigenvalue weighted by atomic mass is 19.4. The number of piperazine rings is 1. The van der Waals surface area contributed by atoms with Crippen molar-refractivity contribution in [3.05, 3.63) is 29.8 Å². The molecule has 9 heteroatoms. The first kappa shape index (κ1) is 19.0. The normalized spacial score (nSPS) is 23.7. The van der Waals surface area contributed by atoms with Gasteiger partial charge < -0.3 is 14.7 Å². The van der Waals surface area contributed by atoms with Gasteiger partial charge in [-0.25, -0.2) is 4.79 Å². The van der Waals surface area contributed by atoms with Crippen LogP contribution in [0, 0.1) is 0 Å². The van der Waals surface area contributed by atoms with E-state index in [1.165, 1.54) is 21.9 Å². The second-order valence-corrected chi connectivity index (χ2v) is 7.66. The molecule has 1 aromatic carbocycles. The number of alkyl halides is 3. The summed E-state index contributed by atoms with van der Waals surface area (Å²) in [5, 5.41) is 0. The van der Waals surface area contributed by atoms with Crippen molar-refractivity contribution in [2.45, 2.75) is 25.1 Å². The van der Waals surface area contributed by atoms with Gasteiger partial charge in [-0.1, -0.05) is 6.07 Å². The molecular weight excluding hydrogens is 373 g/mol. The van der Waals surface area contributed by atoms with E-state index in [2.05, 4.69) is 0 Å². The van der Waals surface area contributed by atoms with E-state index in [-0.39, 0.29) is 18.0 Å². The van der Waals surface area contributed by atoms with E-state index in [0.717, 1.165) is 32.0 Å². The third kappa shape index (κ3) is 3.55. The Kier molecular flexibility index (Phi) is 4.95. The molecule has 0 aromatic heterocycles. The van der Waals surface area contributed by atoms with Gasteiger partial charge in [-0.3, -0.25) is 9.69 Å². The summed E-state index contributed by atoms with van der Waals surface area (Å²) in [6, 6.07) is 4.98. The highest BCUT2D eigenvalue weighted by Gasteiger charge is 2.47. The monoisotopic (exact) mass is 397 g/mol. The van der Waals surface area contributed by atoms with E-state index < -0.39 is 11.7 Å². The van der Waals surface area contributed by atoms with Gasteiger partial charge in [-0.2, -0.15) is 13.2 Å². The summed E-state index contributed by atoms with van der Waals surface area (Å²) in [5.74, 6) is -0.0792. The minimum absolute atomic E-state index is 0.0792. The molecule has 6 nitrogen and oxygen atoms in total. The number of hydrogen-bond acceptors (Lipinski definition) is 3. The standard InChI is InChI=1S/C19H23F3N4O2/c20-19(21,22)14-3-1-4-15(13-14)24-10-7-23(8-11-24)9-12-26-17(27)16-5-2-6-25(16)18(26)28/h1,3-4,13,16H,2,5-12H2/p+1/t16-/m1/s1. The smallest absolute Gasteiger partial charge is 0.360 e. The molecule has 28 heavy (non-hydrogen) atoms. The summed E-state index contributed by atoms with van der Waals surface area (Å²) in [4.78, 5) is 31.0. The molecule has 3 fully saturated rings. The maximum atomic E-state index is 12.9. The van der Waals surface area contributed by atoms with Gasteiger partial charge in [-0.15, -0.1) is 0 Å². The summed E-state index contributed by atoms with van der Waals surface area (Å²) >= 11 is 0. The van der Waals surface area contributed by atoms with Crippen LogP contribution in [0.5, 0.6) is 0 Å². The lowest BCUT2D eigenvalue weighted by atomic mass is 10.1. The number of benzene rings is 1. The maximum Gasteiger partial charge on any atom is 0.416 e. The average molecular weight is 397 g/mol. The van der Waals surface area contributed by atoms with Crippen LogP contribution in [0.2, 0.25) is 0 Å². The number of nitrogens with one attached hydrogen (secondary N) is 1. The Morgan fingerprint density at radius 1 is 1.11 bits per heavy atom. The molecule has 0 radical (unpaired) electrons. The Labute approximate surface area is 161 Å². The Morgan fingerprint density at radius 2 is 1.86 bits per heavy atom. The fourth-order valence-corrected chi connectivity index (χ4v) is 4.37. The minimum atomic E-state index is -4.34. The number of anilines is 1. The number of carbonyl (C=O) groups excluding carboxylic acids is 2. The second-order valence-electron chi connectivity index (χ2n) is 7.66. The van der Waals surface area contributed by atoms with Gasteiger partial charge in [0.2, 0.25) is 0 Å². The molecule has 3 aliphatic heterocycles. The van der Waals surface area contributed by atoms with E-state index in [0.29, 0.717) is 38.4 Å². The number of quaternary nitrogens is 1. The number of rotatable bonds is 4. The van der Waals surface area contributed by atoms with Crippen LogP contribution in [-0.4, -0.2) is 73.6 Å². The zero-order valence-corrected chi connectivity index (χ0v) is 15.5. The van der Waals surface area contributed by atoms with Crippen molar-refractivity contribution in [2.24, 2.45) is 0 Å². The summed E-state index contributed by atoms with van der Waals surface area (Å²) in [6.45, 7) is 4.56. The second kappa shape index (κ2) is 7.27. The summed E-state index contributed by atoms with van der Waals surface area (Å²) < 4.78 is 38.7. The largest absolute Gasteiger partial charge is 0.416 e. The Hall–Kier alpha value is -2.29. The van der Waals surface area contributed by atoms with Crippen LogP contribution in [-0.2, 0) is 11.0 Å². The molecule has 3 amide bonds. The molecule has 0 unspecified atom stereocenters. The van der Waals surface area contributed by atoms with Crippen LogP contribution < -0.4 is 9.80 Å². The summed E-state index contributed by atoms with van der Waals surface area (Å²) in [5.41, 5.74) is -0.0502. The van der Waals surface area contributed by atoms with Crippen LogP contribution >= 0.6 is 0 Å². The highest BCUT2D eigenvalue weighted by Crippen LogP contribution is 2.31. The topological polar surface area (TPSA) is 48.3 Å². The van der Waals surface area contributed by atoms with E-state index in [9.17, 15) is 22.8 Å². The Morgan fingerprint density at radius 3 is 2.54 bits per heavy atom. The number of fused-ring (bicyclic) bond motifs is 1. The van der Waals surface area contributed by atoms with Crippen LogP contribution in [0.4, 0.5) is 23.7 Å². The van der Waals surface area contributed by atoms with Crippen LogP contribution in [0.25, 0.3) is 0 Å². The molecule has 0 aliphatic carbocycles. The highest BCUT2D eigenvalue weighted by molar-refractivity contribution is 6.04. The molecule has 0 spiro atoms. The zero-order chi connectivity index (χ0) is 19.9. The fraction of sp³-hybridized carbons (Fsp3) is 0.579. The quantitative estimate of drug-likeness (QED) is 0.766. The van der Waals surface area contributed by atoms with Gasteiger partial charge in [0.15, 0.2) is 0 Å². The van der Waals surface area contributed by atoms with Crippen molar-refractivity contribution in [3.63, 3.8) is 0 Å². The van der Waals surface area contributed by atoms with Gasteiger partial charge in [0.1, 0.15) is 6.04 Å². The number of nitrogens with zero attached hydrogens (tertiary/aromatic N) is 3. The minimum Gasteiger partial charge on any atom is -0.360 e. The summed E-state index contributed by atoms with van der Waals surface area (Å²) in [6.07, 6.45) is -2.70. The lowest BCUT2D eigenvalue weighted by Crippen LogP contribution is -3.15. The molecule has 152 valence electrons. The Bertz CT molecular complexity index is 740. The van der Waals surface area contributed by atoms with Gasteiger partial charge >= 0.3 is 12.2 Å². The van der Waals surface area contributed by atoms with Gasteiger partial charge in [-0.05, 0) is 31.0 Å². The molecule has 1 aromatic rings. The van der Waals surface area contributed by atoms with Crippen LogP contribution in [0.15, 0.2) is 24.3 Å². The fourth-order valence-electron chi connectivity index (χ4n) is 4.37. The van der Waals surface area contributed by atoms with Crippen molar-refractivity contribution < 1.29 is 27.7 Å². The third-order valence-electron chi connectivity index (χ3n) is 5.98. The molecule has 0 bridgehead atoms. The first-order chi connectivity index (χ1) is 13.3. The van der Waals surface area contributed by atoms with Crippen molar-refractivity contribution in [1.82, 2.24) is 9.80 Å². The lowest BCUT2D eigenvalue weighted by molar-refractivity contribution is -0.899. The van der Waals surface area contributed by atoms with Crippen LogP contribution in [0.1, 0.15) is 18.4 Å². The van der Waals surface area contributed by atoms with Crippen molar-refractivity contribution in [1.29, 1.82) is 0 Å². The number of imide groups is 1. The van der Waals surface area contributed by atoms with Crippen molar-refractivity contribution in [2.75, 3.05) is 50.7 Å². The predicted molar refractivity (Wildman–Crippen MR) is 96.1 cm³/mol. The molecule has 1 N–H and O–H groups in total. The third-order valence-corrected chi connectivity index (χ3v) is 5.98. The first-order valence-electron chi connectivity index (χ1n) is 9.72. The number of amides is 3. The maximum absolute atomic E-state index is 12.9. The average Bonchev–Trinajstić information content (AvgIpc) is 3.25. The number of halogens is 3. The lowest BCUT2D eigenvalue weighted by Gasteiger charge is -2.34. The number of hydrogen-bond donors (Lipinski definition) is 1. The van der Waals surface area contributed by atoms with E-state index >= 15 is 0 Å². The molecule has 1 atom stereocenters. The zero-order valence-electron chi connectivity index (χ0n) is 15.5. The predicted octanol–water partition coefficient (Wildman–Crippen LogP) is 0.837. The van der Waals surface area contributed by atoms with E-state index in [4.69, 9.17) is 0 Å². The molecule has 3 aliphatic rings. The van der Waals surface area contributed by atoms with Crippen molar-refractivity contribution >= 4 is 17.6 Å². The molecule has 3 saturated heterocycles. The molecule has 3 heterocycles. The van der Waals surface area contributed by atoms with Gasteiger partial charge in [0.05, 0.1) is 44.8 Å². The molecule has 4 rings (SSSR count). The van der Waals surface area contributed by atoms with E-state index in [1.54, 1.807) is 11.0 Å². The Balaban J connectivity index is 1.29. The van der Waals surface area contributed by atoms with Crippen LogP contribution in [0.3, 0.4) is 0 Å². The van der Waals surface area contributed by atoms with Gasteiger partial charge in [0.25, 0.3) is 5.91 Å². The molecule has 0 saturated carbocycles.